The van der Waals surface area contributed by atoms with Crippen LogP contribution >= 0.6 is 0 Å². The van der Waals surface area contributed by atoms with Crippen LogP contribution in [0.4, 0.5) is 0 Å². The second kappa shape index (κ2) is 9.04. The third-order valence-corrected chi connectivity index (χ3v) is 9.05. The Morgan fingerprint density at radius 2 is 1.94 bits per heavy atom. The van der Waals surface area contributed by atoms with Gasteiger partial charge in [0.15, 0.2) is 5.82 Å². The molecule has 182 valence electrons. The van der Waals surface area contributed by atoms with E-state index in [2.05, 4.69) is 49.8 Å². The number of hydrogen-bond donors (Lipinski definition) is 1. The lowest BCUT2D eigenvalue weighted by atomic mass is 9.76. The Morgan fingerprint density at radius 1 is 1.15 bits per heavy atom. The molecule has 4 fully saturated rings. The van der Waals surface area contributed by atoms with E-state index < -0.39 is 0 Å². The molecule has 1 aromatic heterocycles. The van der Waals surface area contributed by atoms with Crippen molar-refractivity contribution in [3.05, 3.63) is 41.2 Å². The lowest BCUT2D eigenvalue weighted by Gasteiger charge is -2.35. The average molecular weight is 466 g/mol. The van der Waals surface area contributed by atoms with Gasteiger partial charge >= 0.3 is 0 Å². The van der Waals surface area contributed by atoms with Crippen molar-refractivity contribution in [2.24, 2.45) is 5.41 Å². The number of benzene rings is 1. The molecule has 2 saturated heterocycles. The van der Waals surface area contributed by atoms with E-state index in [9.17, 15) is 4.79 Å². The van der Waals surface area contributed by atoms with Crippen LogP contribution in [0.2, 0.25) is 0 Å². The highest BCUT2D eigenvalue weighted by atomic mass is 16.5. The van der Waals surface area contributed by atoms with E-state index in [-0.39, 0.29) is 18.1 Å². The van der Waals surface area contributed by atoms with Crippen molar-refractivity contribution in [1.82, 2.24) is 25.5 Å². The normalized spacial score (nSPS) is 32.7. The Bertz CT molecular complexity index is 980. The number of likely N-dealkylation sites (tertiary alicyclic amines) is 1. The van der Waals surface area contributed by atoms with Crippen LogP contribution in [-0.2, 0) is 14.3 Å². The number of methoxy groups -OCH3 is 1. The van der Waals surface area contributed by atoms with Gasteiger partial charge in [-0.05, 0) is 73.8 Å². The minimum atomic E-state index is -0.185. The number of piperidine rings is 1. The maximum Gasteiger partial charge on any atom is 0.251 e. The summed E-state index contributed by atoms with van der Waals surface area (Å²) in [7, 11) is 1.81. The monoisotopic (exact) mass is 465 g/mol. The molecule has 3 unspecified atom stereocenters. The number of nitrogens with zero attached hydrogens (tertiary/aromatic N) is 4. The molecule has 2 aliphatic heterocycles. The Kier molecular flexibility index (Phi) is 5.89. The van der Waals surface area contributed by atoms with Gasteiger partial charge in [-0.3, -0.25) is 4.79 Å². The van der Waals surface area contributed by atoms with Crippen LogP contribution in [0.25, 0.3) is 0 Å². The summed E-state index contributed by atoms with van der Waals surface area (Å²) < 4.78 is 11.5. The van der Waals surface area contributed by atoms with Crippen LogP contribution < -0.4 is 0 Å². The first-order valence-electron chi connectivity index (χ1n) is 12.9. The number of carbonyl (C=O) groups excluding carboxylic acids is 1. The van der Waals surface area contributed by atoms with Gasteiger partial charge in [-0.2, -0.15) is 5.21 Å². The molecule has 1 spiro atoms. The van der Waals surface area contributed by atoms with Crippen LogP contribution in [0.15, 0.2) is 24.3 Å². The Labute approximate surface area is 200 Å². The first kappa shape index (κ1) is 22.2. The standard InChI is InChI=1S/C26H35N5O3/c1-33-23-15-19(24-27-29-30-28-24)8-9-20(23)17-4-6-18(7-5-17)21-16-26(21)10-12-31(13-11-26)25(32)22-3-2-14-34-22/h4-7,19-23H,2-3,8-16H2,1H3,(H,27,28,29,30)/t19?,20?,21-,22-,23?/m1/s1. The molecule has 4 aliphatic rings. The summed E-state index contributed by atoms with van der Waals surface area (Å²) in [6, 6.07) is 9.33. The second-order valence-electron chi connectivity index (χ2n) is 10.8. The number of rotatable bonds is 5. The van der Waals surface area contributed by atoms with Crippen LogP contribution in [-0.4, -0.2) is 70.4 Å². The number of H-pyrrole nitrogens is 1. The van der Waals surface area contributed by atoms with E-state index in [1.54, 1.807) is 0 Å². The Morgan fingerprint density at radius 3 is 2.62 bits per heavy atom. The minimum absolute atomic E-state index is 0.168. The number of aromatic nitrogens is 4. The van der Waals surface area contributed by atoms with Gasteiger partial charge in [0, 0.05) is 38.6 Å². The minimum Gasteiger partial charge on any atom is -0.381 e. The fraction of sp³-hybridized carbons (Fsp3) is 0.692. The van der Waals surface area contributed by atoms with Gasteiger partial charge in [-0.1, -0.05) is 29.5 Å². The molecule has 1 amide bonds. The molecule has 3 heterocycles. The van der Waals surface area contributed by atoms with Crippen molar-refractivity contribution in [3.8, 4) is 0 Å². The van der Waals surface area contributed by atoms with Crippen LogP contribution in [0, 0.1) is 5.41 Å². The average Bonchev–Trinajstić information content (AvgIpc) is 3.31. The van der Waals surface area contributed by atoms with Crippen molar-refractivity contribution in [2.75, 3.05) is 26.8 Å². The van der Waals surface area contributed by atoms with Crippen molar-refractivity contribution in [2.45, 2.75) is 81.3 Å². The van der Waals surface area contributed by atoms with E-state index in [0.29, 0.717) is 23.2 Å². The lowest BCUT2D eigenvalue weighted by Crippen LogP contribution is -2.44. The van der Waals surface area contributed by atoms with Gasteiger partial charge in [0.1, 0.15) is 6.10 Å². The smallest absolute Gasteiger partial charge is 0.251 e. The number of amides is 1. The van der Waals surface area contributed by atoms with E-state index in [0.717, 1.165) is 70.5 Å². The summed E-state index contributed by atoms with van der Waals surface area (Å²) in [5.74, 6) is 2.37. The van der Waals surface area contributed by atoms with Crippen LogP contribution in [0.1, 0.15) is 86.1 Å². The first-order chi connectivity index (χ1) is 16.7. The van der Waals surface area contributed by atoms with Gasteiger partial charge < -0.3 is 14.4 Å². The summed E-state index contributed by atoms with van der Waals surface area (Å²) in [4.78, 5) is 14.7. The lowest BCUT2D eigenvalue weighted by molar-refractivity contribution is -0.142. The molecule has 0 bridgehead atoms. The van der Waals surface area contributed by atoms with Gasteiger partial charge in [0.05, 0.1) is 6.10 Å². The highest BCUT2D eigenvalue weighted by Gasteiger charge is 2.55. The van der Waals surface area contributed by atoms with E-state index >= 15 is 0 Å². The summed E-state index contributed by atoms with van der Waals surface area (Å²) in [6.07, 6.45) is 8.41. The van der Waals surface area contributed by atoms with Gasteiger partial charge in [0.25, 0.3) is 5.91 Å². The molecule has 6 rings (SSSR count). The van der Waals surface area contributed by atoms with Crippen LogP contribution in [0.3, 0.4) is 0 Å². The SMILES string of the molecule is COC1CC(c2nn[nH]n2)CCC1c1ccc([C@H]2CC23CCN(C(=O)[C@H]2CCCO2)CC3)cc1. The summed E-state index contributed by atoms with van der Waals surface area (Å²) in [5.41, 5.74) is 3.22. The van der Waals surface area contributed by atoms with Crippen LogP contribution in [0.5, 0.6) is 0 Å². The number of nitrogens with one attached hydrogen (secondary N) is 1. The zero-order chi connectivity index (χ0) is 23.1. The summed E-state index contributed by atoms with van der Waals surface area (Å²) >= 11 is 0. The molecule has 5 atom stereocenters. The molecule has 8 nitrogen and oxygen atoms in total. The molecule has 1 N–H and O–H groups in total. The largest absolute Gasteiger partial charge is 0.381 e. The third kappa shape index (κ3) is 4.05. The highest BCUT2D eigenvalue weighted by molar-refractivity contribution is 5.81. The molecule has 0 radical (unpaired) electrons. The molecule has 1 aromatic carbocycles. The zero-order valence-corrected chi connectivity index (χ0v) is 20.0. The number of tetrazole rings is 1. The Hall–Kier alpha value is -2.32. The van der Waals surface area contributed by atoms with Gasteiger partial charge in [-0.15, -0.1) is 10.2 Å². The molecule has 34 heavy (non-hydrogen) atoms. The predicted octanol–water partition coefficient (Wildman–Crippen LogP) is 3.54. The number of aromatic amines is 1. The van der Waals surface area contributed by atoms with E-state index in [4.69, 9.17) is 9.47 Å². The molecule has 2 aliphatic carbocycles. The highest BCUT2D eigenvalue weighted by Crippen LogP contribution is 2.65. The van der Waals surface area contributed by atoms with Crippen molar-refractivity contribution < 1.29 is 14.3 Å². The molecular weight excluding hydrogens is 430 g/mol. The summed E-state index contributed by atoms with van der Waals surface area (Å²) in [6.45, 7) is 2.50. The fourth-order valence-corrected chi connectivity index (χ4v) is 6.84. The van der Waals surface area contributed by atoms with E-state index in [1.165, 1.54) is 17.5 Å². The second-order valence-corrected chi connectivity index (χ2v) is 10.8. The van der Waals surface area contributed by atoms with Crippen molar-refractivity contribution in [3.63, 3.8) is 0 Å². The predicted molar refractivity (Wildman–Crippen MR) is 125 cm³/mol. The molecule has 8 heteroatoms. The van der Waals surface area contributed by atoms with E-state index in [1.807, 2.05) is 7.11 Å². The third-order valence-electron chi connectivity index (χ3n) is 9.05. The van der Waals surface area contributed by atoms with Gasteiger partial charge in [0.2, 0.25) is 0 Å². The number of ether oxygens (including phenoxy) is 2. The zero-order valence-electron chi connectivity index (χ0n) is 20.0. The number of hydrogen-bond acceptors (Lipinski definition) is 6. The molecular formula is C26H35N5O3. The quantitative estimate of drug-likeness (QED) is 0.726. The molecule has 2 aromatic rings. The maximum absolute atomic E-state index is 12.7. The summed E-state index contributed by atoms with van der Waals surface area (Å²) in [5, 5.41) is 14.7. The Balaban J connectivity index is 1.06. The van der Waals surface area contributed by atoms with Crippen molar-refractivity contribution in [1.29, 1.82) is 0 Å². The topological polar surface area (TPSA) is 93.2 Å². The van der Waals surface area contributed by atoms with Crippen molar-refractivity contribution >= 4 is 5.91 Å². The number of carbonyl (C=O) groups is 1. The fourth-order valence-electron chi connectivity index (χ4n) is 6.84. The first-order valence-corrected chi connectivity index (χ1v) is 12.9. The maximum atomic E-state index is 12.7. The molecule has 2 saturated carbocycles. The van der Waals surface area contributed by atoms with Gasteiger partial charge in [-0.25, -0.2) is 0 Å².